The van der Waals surface area contributed by atoms with Gasteiger partial charge in [-0.2, -0.15) is 4.57 Å². The third-order valence-electron chi connectivity index (χ3n) is 6.63. The Morgan fingerprint density at radius 1 is 0.909 bits per heavy atom. The molecule has 2 heterocycles. The summed E-state index contributed by atoms with van der Waals surface area (Å²) in [6.07, 6.45) is 11.3. The molecule has 0 radical (unpaired) electrons. The highest BCUT2D eigenvalue weighted by Crippen LogP contribution is 2.42. The Balaban J connectivity index is 0.00000306. The first-order valence-corrected chi connectivity index (χ1v) is 11.7. The molecule has 0 atom stereocenters. The molecule has 1 aliphatic heterocycles. The Morgan fingerprint density at radius 2 is 1.64 bits per heavy atom. The molecule has 4 rings (SSSR count). The first-order valence-electron chi connectivity index (χ1n) is 11.7. The van der Waals surface area contributed by atoms with Gasteiger partial charge in [0.15, 0.2) is 35.7 Å². The summed E-state index contributed by atoms with van der Waals surface area (Å²) >= 11 is 0. The van der Waals surface area contributed by atoms with Gasteiger partial charge in [0.1, 0.15) is 0 Å². The second-order valence-corrected chi connectivity index (χ2v) is 8.68. The molecular formula is C27H34ClNO4. The van der Waals surface area contributed by atoms with Crippen LogP contribution in [0.3, 0.4) is 0 Å². The molecule has 0 saturated carbocycles. The van der Waals surface area contributed by atoms with Crippen molar-refractivity contribution < 1.29 is 36.7 Å². The van der Waals surface area contributed by atoms with Crippen LogP contribution in [0.25, 0.3) is 22.0 Å². The van der Waals surface area contributed by atoms with Gasteiger partial charge in [-0.05, 0) is 42.7 Å². The molecule has 1 aliphatic rings. The Labute approximate surface area is 202 Å². The number of halogens is 1. The van der Waals surface area contributed by atoms with Crippen LogP contribution in [0.1, 0.15) is 56.6 Å². The first-order chi connectivity index (χ1) is 15.6. The number of nitrogens with zero attached hydrogens (tertiary/aromatic N) is 1. The molecular weight excluding hydrogens is 438 g/mol. The highest BCUT2D eigenvalue weighted by Gasteiger charge is 2.30. The number of unbranched alkanes of at least 4 members (excludes halogenated alkanes) is 5. The summed E-state index contributed by atoms with van der Waals surface area (Å²) in [5, 5.41) is 22.5. The van der Waals surface area contributed by atoms with E-state index in [1.165, 1.54) is 37.7 Å². The minimum absolute atomic E-state index is 0. The van der Waals surface area contributed by atoms with E-state index >= 15 is 0 Å². The summed E-state index contributed by atoms with van der Waals surface area (Å²) in [6, 6.07) is 7.52. The molecule has 0 unspecified atom stereocenters. The lowest BCUT2D eigenvalue weighted by molar-refractivity contribution is -0.686. The zero-order chi connectivity index (χ0) is 22.7. The third kappa shape index (κ3) is 4.84. The monoisotopic (exact) mass is 471 g/mol. The Hall–Kier alpha value is -2.66. The number of fused-ring (bicyclic) bond motifs is 4. The largest absolute Gasteiger partial charge is 1.00 e. The maximum Gasteiger partial charge on any atom is 0.216 e. The number of methoxy groups -OCH3 is 2. The average Bonchev–Trinajstić information content (AvgIpc) is 2.80. The van der Waals surface area contributed by atoms with Crippen molar-refractivity contribution in [2.45, 2.75) is 64.8 Å². The third-order valence-corrected chi connectivity index (χ3v) is 6.63. The van der Waals surface area contributed by atoms with E-state index in [1.807, 2.05) is 6.07 Å². The van der Waals surface area contributed by atoms with Crippen molar-refractivity contribution in [3.8, 4) is 34.3 Å². The van der Waals surface area contributed by atoms with Crippen LogP contribution in [0.2, 0.25) is 0 Å². The average molecular weight is 472 g/mol. The molecule has 0 amide bonds. The van der Waals surface area contributed by atoms with Gasteiger partial charge in [-0.25, -0.2) is 0 Å². The molecule has 0 bridgehead atoms. The van der Waals surface area contributed by atoms with Gasteiger partial charge in [0, 0.05) is 17.4 Å². The number of hydrogen-bond donors (Lipinski definition) is 2. The zero-order valence-corrected chi connectivity index (χ0v) is 20.5. The number of benzene rings is 2. The molecule has 33 heavy (non-hydrogen) atoms. The lowest BCUT2D eigenvalue weighted by Crippen LogP contribution is -3.00. The summed E-state index contributed by atoms with van der Waals surface area (Å²) in [5.74, 6) is 1.35. The van der Waals surface area contributed by atoms with E-state index in [1.54, 1.807) is 26.4 Å². The van der Waals surface area contributed by atoms with Crippen molar-refractivity contribution in [1.82, 2.24) is 0 Å². The molecule has 0 aliphatic carbocycles. The van der Waals surface area contributed by atoms with Gasteiger partial charge >= 0.3 is 0 Å². The minimum Gasteiger partial charge on any atom is -1.00 e. The number of pyridine rings is 1. The van der Waals surface area contributed by atoms with Gasteiger partial charge in [0.05, 0.1) is 25.2 Å². The number of rotatable bonds is 9. The zero-order valence-electron chi connectivity index (χ0n) is 19.8. The lowest BCUT2D eigenvalue weighted by Gasteiger charge is -2.21. The number of aromatic hydroxyl groups is 2. The van der Waals surface area contributed by atoms with Gasteiger partial charge < -0.3 is 32.1 Å². The van der Waals surface area contributed by atoms with Gasteiger partial charge in [-0.1, -0.05) is 39.0 Å². The van der Waals surface area contributed by atoms with Crippen LogP contribution in [0.4, 0.5) is 0 Å². The standard InChI is InChI=1S/C27H33NO4.ClH/c1-4-5-6-7-8-9-10-20-19-11-12-25(31-2)27(32-3)22(19)17-28-14-13-18-15-23(29)24(30)16-21(18)26(20)28;/h11-12,15-17,30H,4-10,13-14H2,1-3H3;1H. The normalized spacial score (nSPS) is 12.1. The van der Waals surface area contributed by atoms with Gasteiger partial charge in [-0.3, -0.25) is 0 Å². The van der Waals surface area contributed by atoms with Crippen LogP contribution < -0.4 is 26.4 Å². The van der Waals surface area contributed by atoms with Crippen molar-refractivity contribution in [3.63, 3.8) is 0 Å². The van der Waals surface area contributed by atoms with Crippen LogP contribution >= 0.6 is 0 Å². The van der Waals surface area contributed by atoms with Crippen molar-refractivity contribution >= 4 is 10.8 Å². The summed E-state index contributed by atoms with van der Waals surface area (Å²) in [7, 11) is 3.35. The highest BCUT2D eigenvalue weighted by molar-refractivity contribution is 5.95. The number of aromatic nitrogens is 1. The van der Waals surface area contributed by atoms with Crippen LogP contribution in [-0.4, -0.2) is 24.4 Å². The molecule has 3 aromatic rings. The van der Waals surface area contributed by atoms with Crippen molar-refractivity contribution in [2.24, 2.45) is 0 Å². The second-order valence-electron chi connectivity index (χ2n) is 8.68. The van der Waals surface area contributed by atoms with Crippen LogP contribution in [0.15, 0.2) is 30.5 Å². The van der Waals surface area contributed by atoms with Crippen LogP contribution in [0, 0.1) is 0 Å². The maximum absolute atomic E-state index is 10.3. The molecule has 0 fully saturated rings. The Kier molecular flexibility index (Phi) is 8.30. The molecule has 5 nitrogen and oxygen atoms in total. The number of phenolic OH excluding ortho intramolecular Hbond substituents is 2. The van der Waals surface area contributed by atoms with E-state index in [9.17, 15) is 10.2 Å². The van der Waals surface area contributed by atoms with Crippen LogP contribution in [0.5, 0.6) is 23.0 Å². The number of aryl methyl sites for hydroxylation is 3. The van der Waals surface area contributed by atoms with Gasteiger partial charge in [-0.15, -0.1) is 0 Å². The molecule has 1 aromatic heterocycles. The highest BCUT2D eigenvalue weighted by atomic mass is 35.5. The molecule has 2 N–H and O–H groups in total. The fourth-order valence-electron chi connectivity index (χ4n) is 4.98. The molecule has 178 valence electrons. The van der Waals surface area contributed by atoms with Crippen molar-refractivity contribution in [1.29, 1.82) is 0 Å². The predicted octanol–water partition coefficient (Wildman–Crippen LogP) is 2.69. The fraction of sp³-hybridized carbons (Fsp3) is 0.444. The first kappa shape index (κ1) is 25.0. The number of hydrogen-bond acceptors (Lipinski definition) is 4. The van der Waals surface area contributed by atoms with Gasteiger partial charge in [0.25, 0.3) is 0 Å². The summed E-state index contributed by atoms with van der Waals surface area (Å²) < 4.78 is 13.6. The Bertz CT molecular complexity index is 1130. The molecule has 0 saturated heterocycles. The quantitative estimate of drug-likeness (QED) is 0.286. The van der Waals surface area contributed by atoms with E-state index < -0.39 is 0 Å². The van der Waals surface area contributed by atoms with E-state index in [2.05, 4.69) is 23.8 Å². The van der Waals surface area contributed by atoms with E-state index in [4.69, 9.17) is 9.47 Å². The molecule has 6 heteroatoms. The van der Waals surface area contributed by atoms with Crippen LogP contribution in [-0.2, 0) is 19.4 Å². The minimum atomic E-state index is -0.0740. The predicted molar refractivity (Wildman–Crippen MR) is 127 cm³/mol. The van der Waals surface area contributed by atoms with E-state index in [-0.39, 0.29) is 23.9 Å². The number of ether oxygens (including phenoxy) is 2. The molecule has 2 aromatic carbocycles. The SMILES string of the molecule is CCCCCCCCc1c2[n+](cc3c(OC)c(OC)ccc13)CCc1cc(O)c(O)cc1-2.[Cl-]. The summed E-state index contributed by atoms with van der Waals surface area (Å²) in [4.78, 5) is 0. The summed E-state index contributed by atoms with van der Waals surface area (Å²) in [6.45, 7) is 3.05. The van der Waals surface area contributed by atoms with E-state index in [0.29, 0.717) is 0 Å². The lowest BCUT2D eigenvalue weighted by atomic mass is 9.89. The smallest absolute Gasteiger partial charge is 0.216 e. The Morgan fingerprint density at radius 3 is 2.36 bits per heavy atom. The fourth-order valence-corrected chi connectivity index (χ4v) is 4.98. The van der Waals surface area contributed by atoms with Gasteiger partial charge in [0.2, 0.25) is 5.69 Å². The topological polar surface area (TPSA) is 62.8 Å². The number of phenols is 2. The second kappa shape index (κ2) is 11.0. The maximum atomic E-state index is 10.3. The van der Waals surface area contributed by atoms with E-state index in [0.717, 1.165) is 64.9 Å². The molecule has 0 spiro atoms. The van der Waals surface area contributed by atoms with Crippen molar-refractivity contribution in [2.75, 3.05) is 14.2 Å². The van der Waals surface area contributed by atoms with Crippen molar-refractivity contribution in [3.05, 3.63) is 41.6 Å². The summed E-state index contributed by atoms with van der Waals surface area (Å²) in [5.41, 5.74) is 4.48.